The molecule has 2 heteroatoms. The lowest BCUT2D eigenvalue weighted by Crippen LogP contribution is -2.24. The molecule has 3 aromatic carbocycles. The molecule has 0 N–H and O–H groups in total. The van der Waals surface area contributed by atoms with Crippen LogP contribution in [0.2, 0.25) is 0 Å². The number of hydrogen-bond acceptors (Lipinski definition) is 2. The van der Waals surface area contributed by atoms with Crippen LogP contribution in [-0.4, -0.2) is 9.97 Å². The second-order valence-electron chi connectivity index (χ2n) is 12.3. The molecule has 0 amide bonds. The van der Waals surface area contributed by atoms with Crippen molar-refractivity contribution in [2.45, 2.75) is 72.1 Å². The molecule has 39 heavy (non-hydrogen) atoms. The summed E-state index contributed by atoms with van der Waals surface area (Å²) >= 11 is 0. The van der Waals surface area contributed by atoms with Crippen LogP contribution >= 0.6 is 0 Å². The van der Waals surface area contributed by atoms with E-state index in [1.54, 1.807) is 0 Å². The van der Waals surface area contributed by atoms with E-state index in [9.17, 15) is 0 Å². The number of hydrogen-bond donors (Lipinski definition) is 0. The van der Waals surface area contributed by atoms with Crippen molar-refractivity contribution in [1.82, 2.24) is 9.97 Å². The Morgan fingerprint density at radius 3 is 2.26 bits per heavy atom. The van der Waals surface area contributed by atoms with Crippen LogP contribution < -0.4 is 0 Å². The molecule has 1 aliphatic carbocycles. The predicted molar refractivity (Wildman–Crippen MR) is 165 cm³/mol. The second-order valence-corrected chi connectivity index (χ2v) is 12.3. The zero-order valence-electron chi connectivity index (χ0n) is 24.3. The highest BCUT2D eigenvalue weighted by atomic mass is 14.7. The molecule has 2 heterocycles. The summed E-state index contributed by atoms with van der Waals surface area (Å²) in [6.07, 6.45) is 4.05. The van der Waals surface area contributed by atoms with Gasteiger partial charge in [-0.2, -0.15) is 0 Å². The Morgan fingerprint density at radius 2 is 1.54 bits per heavy atom. The summed E-state index contributed by atoms with van der Waals surface area (Å²) in [4.78, 5) is 10.00. The number of pyridine rings is 2. The standard InChI is InChI=1S/C37H38N2/c1-8-37(9-2)32-22-30-25(12-11-15-28(30)33-19-23(3)18-24(4)39-33)21-31(32)29-16-17-38-35(34(29)37)26-13-10-14-27(20-26)36(5,6)7/h10-22H,8-9H2,1-7H3. The molecule has 0 unspecified atom stereocenters. The number of aryl methyl sites for hydroxylation is 2. The average Bonchev–Trinajstić information content (AvgIpc) is 3.20. The topological polar surface area (TPSA) is 25.8 Å². The van der Waals surface area contributed by atoms with E-state index in [1.807, 2.05) is 6.20 Å². The third kappa shape index (κ3) is 4.00. The lowest BCUT2D eigenvalue weighted by Gasteiger charge is -2.31. The van der Waals surface area contributed by atoms with Crippen LogP contribution in [0.25, 0.3) is 44.4 Å². The smallest absolute Gasteiger partial charge is 0.0749 e. The van der Waals surface area contributed by atoms with E-state index < -0.39 is 0 Å². The molecule has 0 aliphatic heterocycles. The minimum absolute atomic E-state index is 0.0832. The number of rotatable bonds is 4. The molecule has 0 fully saturated rings. The van der Waals surface area contributed by atoms with E-state index in [1.165, 1.54) is 55.3 Å². The van der Waals surface area contributed by atoms with E-state index >= 15 is 0 Å². The maximum Gasteiger partial charge on any atom is 0.0749 e. The minimum atomic E-state index is -0.0940. The SMILES string of the molecule is CCC1(CC)c2cc3c(-c4cc(C)cc(C)n4)cccc3cc2-c2ccnc(-c3cccc(C(C)(C)C)c3)c21. The van der Waals surface area contributed by atoms with Gasteiger partial charge in [0.25, 0.3) is 0 Å². The fraction of sp³-hybridized carbons (Fsp3) is 0.297. The van der Waals surface area contributed by atoms with E-state index in [0.29, 0.717) is 0 Å². The Labute approximate surface area is 233 Å². The fourth-order valence-corrected chi connectivity index (χ4v) is 6.79. The molecule has 6 rings (SSSR count). The highest BCUT2D eigenvalue weighted by molar-refractivity contribution is 6.01. The van der Waals surface area contributed by atoms with Gasteiger partial charge < -0.3 is 0 Å². The highest BCUT2D eigenvalue weighted by Crippen LogP contribution is 2.56. The van der Waals surface area contributed by atoms with E-state index in [4.69, 9.17) is 9.97 Å². The quantitative estimate of drug-likeness (QED) is 0.240. The molecule has 0 saturated heterocycles. The Kier molecular flexibility index (Phi) is 5.99. The normalized spacial score (nSPS) is 13.9. The number of nitrogens with zero attached hydrogens (tertiary/aromatic N) is 2. The number of benzene rings is 3. The van der Waals surface area contributed by atoms with Gasteiger partial charge in [-0.1, -0.05) is 71.0 Å². The molecular formula is C37H38N2. The molecule has 2 nitrogen and oxygen atoms in total. The number of fused-ring (bicyclic) bond motifs is 4. The van der Waals surface area contributed by atoms with Crippen molar-refractivity contribution in [1.29, 1.82) is 0 Å². The first-order chi connectivity index (χ1) is 18.7. The van der Waals surface area contributed by atoms with Gasteiger partial charge in [-0.3, -0.25) is 9.97 Å². The van der Waals surface area contributed by atoms with Crippen LogP contribution in [0.4, 0.5) is 0 Å². The Bertz CT molecular complexity index is 1710. The van der Waals surface area contributed by atoms with Crippen LogP contribution in [0.5, 0.6) is 0 Å². The average molecular weight is 511 g/mol. The van der Waals surface area contributed by atoms with Crippen LogP contribution in [0.1, 0.15) is 75.4 Å². The first kappa shape index (κ1) is 25.5. The summed E-state index contributed by atoms with van der Waals surface area (Å²) in [5.41, 5.74) is 13.7. The lowest BCUT2D eigenvalue weighted by atomic mass is 9.72. The van der Waals surface area contributed by atoms with E-state index in [0.717, 1.165) is 29.9 Å². The van der Waals surface area contributed by atoms with Crippen LogP contribution in [0.3, 0.4) is 0 Å². The van der Waals surface area contributed by atoms with Crippen molar-refractivity contribution < 1.29 is 0 Å². The van der Waals surface area contributed by atoms with Gasteiger partial charge in [-0.15, -0.1) is 0 Å². The third-order valence-electron chi connectivity index (χ3n) is 8.84. The molecule has 0 atom stereocenters. The maximum absolute atomic E-state index is 5.06. The summed E-state index contributed by atoms with van der Waals surface area (Å²) in [5.74, 6) is 0. The fourth-order valence-electron chi connectivity index (χ4n) is 6.79. The Balaban J connectivity index is 1.63. The molecule has 1 aliphatic rings. The largest absolute Gasteiger partial charge is 0.256 e. The third-order valence-corrected chi connectivity index (χ3v) is 8.84. The zero-order chi connectivity index (χ0) is 27.5. The van der Waals surface area contributed by atoms with Crippen molar-refractivity contribution >= 4 is 10.8 Å². The molecular weight excluding hydrogens is 472 g/mol. The van der Waals surface area contributed by atoms with Gasteiger partial charge >= 0.3 is 0 Å². The first-order valence-electron chi connectivity index (χ1n) is 14.3. The van der Waals surface area contributed by atoms with Gasteiger partial charge in [-0.25, -0.2) is 0 Å². The summed E-state index contributed by atoms with van der Waals surface area (Å²) in [6.45, 7) is 15.7. The summed E-state index contributed by atoms with van der Waals surface area (Å²) < 4.78 is 0. The van der Waals surface area contributed by atoms with Crippen molar-refractivity contribution in [2.75, 3.05) is 0 Å². The second kappa shape index (κ2) is 9.16. The van der Waals surface area contributed by atoms with E-state index in [-0.39, 0.29) is 10.8 Å². The summed E-state index contributed by atoms with van der Waals surface area (Å²) in [5, 5.41) is 2.53. The lowest BCUT2D eigenvalue weighted by molar-refractivity contribution is 0.491. The van der Waals surface area contributed by atoms with Crippen molar-refractivity contribution in [3.8, 4) is 33.6 Å². The highest BCUT2D eigenvalue weighted by Gasteiger charge is 2.43. The number of aromatic nitrogens is 2. The predicted octanol–water partition coefficient (Wildman–Crippen LogP) is 9.96. The van der Waals surface area contributed by atoms with Gasteiger partial charge in [-0.05, 0) is 113 Å². The van der Waals surface area contributed by atoms with E-state index in [2.05, 4.69) is 121 Å². The van der Waals surface area contributed by atoms with Gasteiger partial charge in [0, 0.05) is 28.4 Å². The molecule has 0 radical (unpaired) electrons. The Hall–Kier alpha value is -3.78. The van der Waals surface area contributed by atoms with Gasteiger partial charge in [0.05, 0.1) is 11.4 Å². The Morgan fingerprint density at radius 1 is 0.769 bits per heavy atom. The zero-order valence-corrected chi connectivity index (χ0v) is 24.3. The van der Waals surface area contributed by atoms with Gasteiger partial charge in [0.15, 0.2) is 0 Å². The van der Waals surface area contributed by atoms with Crippen LogP contribution in [0, 0.1) is 13.8 Å². The van der Waals surface area contributed by atoms with Crippen molar-refractivity contribution in [2.24, 2.45) is 0 Å². The summed E-state index contributed by atoms with van der Waals surface area (Å²) in [6, 6.07) is 27.1. The molecule has 0 bridgehead atoms. The maximum atomic E-state index is 5.06. The first-order valence-corrected chi connectivity index (χ1v) is 14.3. The van der Waals surface area contributed by atoms with Crippen molar-refractivity contribution in [3.63, 3.8) is 0 Å². The van der Waals surface area contributed by atoms with Crippen LogP contribution in [0.15, 0.2) is 79.0 Å². The minimum Gasteiger partial charge on any atom is -0.256 e. The van der Waals surface area contributed by atoms with Gasteiger partial charge in [0.1, 0.15) is 0 Å². The summed E-state index contributed by atoms with van der Waals surface area (Å²) in [7, 11) is 0. The van der Waals surface area contributed by atoms with Crippen molar-refractivity contribution in [3.05, 3.63) is 107 Å². The van der Waals surface area contributed by atoms with Crippen LogP contribution in [-0.2, 0) is 10.8 Å². The molecule has 196 valence electrons. The molecule has 2 aromatic heterocycles. The molecule has 0 spiro atoms. The monoisotopic (exact) mass is 510 g/mol. The molecule has 5 aromatic rings. The van der Waals surface area contributed by atoms with Gasteiger partial charge in [0.2, 0.25) is 0 Å². The molecule has 0 saturated carbocycles.